The topological polar surface area (TPSA) is 68.6 Å². The average Bonchev–Trinajstić information content (AvgIpc) is 3.74. The van der Waals surface area contributed by atoms with Crippen molar-refractivity contribution in [2.75, 3.05) is 4.90 Å². The molecule has 0 amide bonds. The molecule has 1 spiro atoms. The Morgan fingerprint density at radius 1 is 0.491 bits per heavy atom. The minimum Gasteiger partial charge on any atom is -0.310 e. The summed E-state index contributed by atoms with van der Waals surface area (Å²) in [5, 5.41) is 22.7. The third-order valence-corrected chi connectivity index (χ3v) is 11.6. The quantitative estimate of drug-likeness (QED) is 0.184. The van der Waals surface area contributed by atoms with E-state index < -0.39 is 5.41 Å². The molecule has 0 saturated carbocycles. The summed E-state index contributed by atoms with van der Waals surface area (Å²) in [5.41, 5.74) is 15.3. The van der Waals surface area contributed by atoms with Gasteiger partial charge in [0.05, 0.1) is 39.0 Å². The largest absolute Gasteiger partial charge is 0.310 e. The van der Waals surface area contributed by atoms with E-state index >= 15 is 0 Å². The van der Waals surface area contributed by atoms with Crippen molar-refractivity contribution in [1.82, 2.24) is 9.55 Å². The summed E-state index contributed by atoms with van der Waals surface area (Å²) in [6.07, 6.45) is 3.76. The number of rotatable bonds is 3. The number of benzene rings is 7. The van der Waals surface area contributed by atoms with E-state index in [4.69, 9.17) is 0 Å². The summed E-state index contributed by atoms with van der Waals surface area (Å²) >= 11 is 0. The molecule has 0 unspecified atom stereocenters. The van der Waals surface area contributed by atoms with Crippen molar-refractivity contribution in [1.29, 1.82) is 10.5 Å². The van der Waals surface area contributed by atoms with Crippen LogP contribution >= 0.6 is 0 Å². The van der Waals surface area contributed by atoms with Crippen LogP contribution in [0.15, 0.2) is 176 Å². The fourth-order valence-corrected chi connectivity index (χ4v) is 9.45. The SMILES string of the molecule is N#Cc1cccc(-c2cc(N3c4ccccc4C4(c5ccccc5-c5ccccc54)c4ccccc43)cc(-n3c4ccccc4c4cnccc43)c2)c1C#N. The second-order valence-electron chi connectivity index (χ2n) is 14.1. The minimum absolute atomic E-state index is 0.351. The van der Waals surface area contributed by atoms with Crippen LogP contribution in [0.25, 0.3) is 49.7 Å². The molecule has 0 fully saturated rings. The molecule has 55 heavy (non-hydrogen) atoms. The molecule has 0 atom stereocenters. The number of hydrogen-bond acceptors (Lipinski definition) is 4. The first-order valence-electron chi connectivity index (χ1n) is 18.3. The number of nitriles is 2. The van der Waals surface area contributed by atoms with E-state index in [1.54, 1.807) is 6.07 Å². The maximum absolute atomic E-state index is 10.5. The van der Waals surface area contributed by atoms with Crippen molar-refractivity contribution in [2.45, 2.75) is 5.41 Å². The summed E-state index contributed by atoms with van der Waals surface area (Å²) in [6.45, 7) is 0. The van der Waals surface area contributed by atoms with Gasteiger partial charge in [-0.25, -0.2) is 0 Å². The molecule has 0 bridgehead atoms. The second kappa shape index (κ2) is 11.6. The van der Waals surface area contributed by atoms with E-state index in [0.717, 1.165) is 50.1 Å². The molecule has 7 aromatic carbocycles. The van der Waals surface area contributed by atoms with Crippen molar-refractivity contribution in [2.24, 2.45) is 0 Å². The lowest BCUT2D eigenvalue weighted by Gasteiger charge is -2.45. The van der Waals surface area contributed by atoms with Gasteiger partial charge < -0.3 is 9.47 Å². The van der Waals surface area contributed by atoms with Crippen LogP contribution in [0.2, 0.25) is 0 Å². The van der Waals surface area contributed by atoms with Crippen molar-refractivity contribution in [3.63, 3.8) is 0 Å². The first-order chi connectivity index (χ1) is 27.2. The standard InChI is InChI=1S/C50H29N5/c51-29-32-12-11-16-36(40(32)30-52)33-26-34(54-46-21-8-3-15-39(46)41-31-53-25-24-47(41)54)28-35(27-33)55-48-22-9-6-19-44(48)50(45-20-7-10-23-49(45)55)42-17-4-1-13-37(42)38-14-2-5-18-43(38)50/h1-28,31H. The molecule has 2 aromatic heterocycles. The molecule has 254 valence electrons. The zero-order valence-corrected chi connectivity index (χ0v) is 29.5. The van der Waals surface area contributed by atoms with Crippen LogP contribution in [0.4, 0.5) is 17.1 Å². The molecular weight excluding hydrogens is 671 g/mol. The van der Waals surface area contributed by atoms with E-state index in [9.17, 15) is 10.5 Å². The van der Waals surface area contributed by atoms with Crippen molar-refractivity contribution in [3.05, 3.63) is 210 Å². The lowest BCUT2D eigenvalue weighted by atomic mass is 9.64. The Hall–Kier alpha value is -7.73. The van der Waals surface area contributed by atoms with Gasteiger partial charge in [0.25, 0.3) is 0 Å². The summed E-state index contributed by atoms with van der Waals surface area (Å²) in [4.78, 5) is 6.87. The fourth-order valence-electron chi connectivity index (χ4n) is 9.45. The Morgan fingerprint density at radius 2 is 1.07 bits per heavy atom. The summed E-state index contributed by atoms with van der Waals surface area (Å²) in [7, 11) is 0. The van der Waals surface area contributed by atoms with Crippen molar-refractivity contribution >= 4 is 38.9 Å². The number of nitrogens with zero attached hydrogens (tertiary/aromatic N) is 5. The molecule has 11 rings (SSSR count). The molecule has 2 aliphatic rings. The number of anilines is 3. The zero-order valence-electron chi connectivity index (χ0n) is 29.5. The van der Waals surface area contributed by atoms with Gasteiger partial charge in [-0.3, -0.25) is 4.98 Å². The first-order valence-corrected chi connectivity index (χ1v) is 18.3. The Labute approximate surface area is 317 Å². The van der Waals surface area contributed by atoms with E-state index in [1.807, 2.05) is 24.5 Å². The molecule has 0 N–H and O–H groups in total. The monoisotopic (exact) mass is 699 g/mol. The van der Waals surface area contributed by atoms with Gasteiger partial charge in [-0.1, -0.05) is 115 Å². The molecule has 3 heterocycles. The Bertz CT molecular complexity index is 3010. The number of aromatic nitrogens is 2. The lowest BCUT2D eigenvalue weighted by Crippen LogP contribution is -2.36. The lowest BCUT2D eigenvalue weighted by molar-refractivity contribution is 0.752. The second-order valence-corrected chi connectivity index (χ2v) is 14.1. The van der Waals surface area contributed by atoms with Gasteiger partial charge in [-0.05, 0) is 87.5 Å². The molecule has 0 radical (unpaired) electrons. The molecule has 5 nitrogen and oxygen atoms in total. The third-order valence-electron chi connectivity index (χ3n) is 11.6. The summed E-state index contributed by atoms with van der Waals surface area (Å²) in [6, 6.07) is 62.4. The molecular formula is C50H29N5. The van der Waals surface area contributed by atoms with E-state index in [-0.39, 0.29) is 0 Å². The van der Waals surface area contributed by atoms with Crippen LogP contribution in [0.1, 0.15) is 33.4 Å². The van der Waals surface area contributed by atoms with Crippen LogP contribution in [-0.2, 0) is 5.41 Å². The number of fused-ring (bicyclic) bond motifs is 12. The van der Waals surface area contributed by atoms with Crippen LogP contribution < -0.4 is 4.90 Å². The van der Waals surface area contributed by atoms with Crippen molar-refractivity contribution in [3.8, 4) is 40.1 Å². The third kappa shape index (κ3) is 4.12. The van der Waals surface area contributed by atoms with E-state index in [1.165, 1.54) is 33.4 Å². The molecule has 5 heteroatoms. The highest BCUT2D eigenvalue weighted by molar-refractivity contribution is 6.09. The minimum atomic E-state index is -0.535. The van der Waals surface area contributed by atoms with E-state index in [2.05, 4.69) is 172 Å². The number of pyridine rings is 1. The van der Waals surface area contributed by atoms with Gasteiger partial charge in [0.1, 0.15) is 12.1 Å². The Balaban J connectivity index is 1.25. The van der Waals surface area contributed by atoms with E-state index in [0.29, 0.717) is 16.7 Å². The predicted octanol–water partition coefficient (Wildman–Crippen LogP) is 11.7. The highest BCUT2D eigenvalue weighted by Crippen LogP contribution is 2.63. The van der Waals surface area contributed by atoms with Gasteiger partial charge in [0, 0.05) is 40.1 Å². The Kier molecular flexibility index (Phi) is 6.53. The normalized spacial score (nSPS) is 13.2. The van der Waals surface area contributed by atoms with Gasteiger partial charge in [0.2, 0.25) is 0 Å². The maximum atomic E-state index is 10.5. The maximum Gasteiger partial charge on any atom is 0.101 e. The first kappa shape index (κ1) is 30.9. The van der Waals surface area contributed by atoms with Gasteiger partial charge in [-0.15, -0.1) is 0 Å². The van der Waals surface area contributed by atoms with Crippen LogP contribution in [0, 0.1) is 22.7 Å². The van der Waals surface area contributed by atoms with Crippen LogP contribution in [0.3, 0.4) is 0 Å². The highest BCUT2D eigenvalue weighted by Gasteiger charge is 2.51. The number of hydrogen-bond donors (Lipinski definition) is 0. The molecule has 1 aliphatic carbocycles. The van der Waals surface area contributed by atoms with Gasteiger partial charge in [0.15, 0.2) is 0 Å². The summed E-state index contributed by atoms with van der Waals surface area (Å²) in [5.74, 6) is 0. The van der Waals surface area contributed by atoms with Crippen LogP contribution in [-0.4, -0.2) is 9.55 Å². The fraction of sp³-hybridized carbons (Fsp3) is 0.0200. The van der Waals surface area contributed by atoms with Gasteiger partial charge in [-0.2, -0.15) is 10.5 Å². The number of para-hydroxylation sites is 3. The van der Waals surface area contributed by atoms with Crippen molar-refractivity contribution < 1.29 is 0 Å². The molecule has 1 aliphatic heterocycles. The predicted molar refractivity (Wildman–Crippen MR) is 219 cm³/mol. The average molecular weight is 700 g/mol. The molecule has 0 saturated heterocycles. The van der Waals surface area contributed by atoms with Gasteiger partial charge >= 0.3 is 0 Å². The zero-order chi connectivity index (χ0) is 36.7. The summed E-state index contributed by atoms with van der Waals surface area (Å²) < 4.78 is 2.28. The molecule has 9 aromatic rings. The van der Waals surface area contributed by atoms with Crippen LogP contribution in [0.5, 0.6) is 0 Å². The Morgan fingerprint density at radius 3 is 1.76 bits per heavy atom. The smallest absolute Gasteiger partial charge is 0.101 e. The highest BCUT2D eigenvalue weighted by atomic mass is 15.2.